The van der Waals surface area contributed by atoms with Gasteiger partial charge in [0.25, 0.3) is 0 Å². The summed E-state index contributed by atoms with van der Waals surface area (Å²) in [5.74, 6) is 1.29. The van der Waals surface area contributed by atoms with Crippen LogP contribution in [0.2, 0.25) is 0 Å². The summed E-state index contributed by atoms with van der Waals surface area (Å²) in [5.41, 5.74) is -0.481. The van der Waals surface area contributed by atoms with E-state index in [0.29, 0.717) is 24.4 Å². The first-order valence-electron chi connectivity index (χ1n) is 6.14. The Morgan fingerprint density at radius 1 is 1.47 bits per heavy atom. The molecule has 5 nitrogen and oxygen atoms in total. The molecule has 0 saturated carbocycles. The molecule has 1 unspecified atom stereocenters. The number of aryl methyl sites for hydroxylation is 1. The molecule has 1 atom stereocenters. The number of ether oxygens (including phenoxy) is 1. The Morgan fingerprint density at radius 2 is 2.18 bits per heavy atom. The van der Waals surface area contributed by atoms with Crippen molar-refractivity contribution in [3.63, 3.8) is 0 Å². The summed E-state index contributed by atoms with van der Waals surface area (Å²) in [5, 5.41) is 7.16. The molecule has 0 bridgehead atoms. The summed E-state index contributed by atoms with van der Waals surface area (Å²) in [7, 11) is 1.95. The zero-order valence-electron chi connectivity index (χ0n) is 11.4. The van der Waals surface area contributed by atoms with Gasteiger partial charge in [-0.05, 0) is 41.2 Å². The van der Waals surface area contributed by atoms with E-state index in [1.54, 1.807) is 0 Å². The van der Waals surface area contributed by atoms with Gasteiger partial charge < -0.3 is 14.6 Å². The number of hydrogen-bond acceptors (Lipinski definition) is 5. The zero-order valence-corrected chi connectivity index (χ0v) is 11.4. The lowest BCUT2D eigenvalue weighted by molar-refractivity contribution is -0.0221. The minimum Gasteiger partial charge on any atom is -0.368 e. The van der Waals surface area contributed by atoms with Crippen LogP contribution in [0.3, 0.4) is 0 Å². The quantitative estimate of drug-likeness (QED) is 0.789. The summed E-state index contributed by atoms with van der Waals surface area (Å²) in [4.78, 5) is 4.38. The van der Waals surface area contributed by atoms with E-state index < -0.39 is 5.60 Å². The van der Waals surface area contributed by atoms with E-state index in [2.05, 4.69) is 22.4 Å². The van der Waals surface area contributed by atoms with Crippen molar-refractivity contribution in [3.05, 3.63) is 11.7 Å². The molecule has 0 radical (unpaired) electrons. The number of rotatable bonds is 7. The lowest BCUT2D eigenvalue weighted by Gasteiger charge is -2.19. The highest BCUT2D eigenvalue weighted by atomic mass is 16.5. The largest absolute Gasteiger partial charge is 0.368 e. The molecule has 1 rings (SSSR count). The lowest BCUT2D eigenvalue weighted by Crippen LogP contribution is -2.23. The fourth-order valence-corrected chi connectivity index (χ4v) is 1.51. The van der Waals surface area contributed by atoms with Crippen LogP contribution < -0.4 is 5.32 Å². The highest BCUT2D eigenvalue weighted by Gasteiger charge is 2.27. The summed E-state index contributed by atoms with van der Waals surface area (Å²) in [6, 6.07) is 0.449. The second-order valence-electron chi connectivity index (χ2n) is 4.68. The molecule has 1 N–H and O–H groups in total. The third-order valence-electron chi connectivity index (χ3n) is 2.80. The average molecular weight is 241 g/mol. The molecule has 17 heavy (non-hydrogen) atoms. The van der Waals surface area contributed by atoms with Crippen LogP contribution in [0.4, 0.5) is 0 Å². The van der Waals surface area contributed by atoms with Gasteiger partial charge in [-0.3, -0.25) is 0 Å². The second-order valence-corrected chi connectivity index (χ2v) is 4.68. The van der Waals surface area contributed by atoms with Crippen molar-refractivity contribution in [2.24, 2.45) is 0 Å². The minimum atomic E-state index is -0.481. The first-order chi connectivity index (χ1) is 7.99. The third-order valence-corrected chi connectivity index (χ3v) is 2.80. The molecular weight excluding hydrogens is 218 g/mol. The Balaban J connectivity index is 2.59. The van der Waals surface area contributed by atoms with Crippen molar-refractivity contribution in [1.82, 2.24) is 15.5 Å². The molecule has 0 aromatic carbocycles. The second kappa shape index (κ2) is 6.12. The lowest BCUT2D eigenvalue weighted by atomic mass is 10.1. The molecule has 0 aliphatic heterocycles. The van der Waals surface area contributed by atoms with Crippen LogP contribution in [0, 0.1) is 0 Å². The molecule has 98 valence electrons. The monoisotopic (exact) mass is 241 g/mol. The number of hydrogen-bond donors (Lipinski definition) is 1. The number of nitrogens with zero attached hydrogens (tertiary/aromatic N) is 2. The van der Waals surface area contributed by atoms with Crippen LogP contribution in [0.1, 0.15) is 45.8 Å². The minimum absolute atomic E-state index is 0.449. The van der Waals surface area contributed by atoms with E-state index in [1.807, 2.05) is 27.8 Å². The third kappa shape index (κ3) is 4.09. The molecule has 0 aliphatic rings. The van der Waals surface area contributed by atoms with Gasteiger partial charge >= 0.3 is 0 Å². The van der Waals surface area contributed by atoms with Crippen molar-refractivity contribution >= 4 is 0 Å². The molecule has 0 aliphatic carbocycles. The van der Waals surface area contributed by atoms with Crippen LogP contribution in [-0.2, 0) is 16.8 Å². The van der Waals surface area contributed by atoms with Gasteiger partial charge in [-0.25, -0.2) is 0 Å². The van der Waals surface area contributed by atoms with Crippen LogP contribution in [-0.4, -0.2) is 29.8 Å². The first-order valence-corrected chi connectivity index (χ1v) is 6.14. The van der Waals surface area contributed by atoms with E-state index in [9.17, 15) is 0 Å². The van der Waals surface area contributed by atoms with E-state index in [1.165, 1.54) is 0 Å². The number of aromatic nitrogens is 2. The summed E-state index contributed by atoms with van der Waals surface area (Å²) >= 11 is 0. The number of nitrogens with one attached hydrogen (secondary N) is 1. The molecule has 5 heteroatoms. The summed E-state index contributed by atoms with van der Waals surface area (Å²) in [6.07, 6.45) is 1.77. The molecule has 0 spiro atoms. The maximum atomic E-state index is 5.58. The van der Waals surface area contributed by atoms with Crippen LogP contribution in [0.5, 0.6) is 0 Å². The maximum Gasteiger partial charge on any atom is 0.226 e. The molecule has 0 amide bonds. The Kier molecular flexibility index (Phi) is 5.08. The first kappa shape index (κ1) is 14.1. The van der Waals surface area contributed by atoms with Crippen LogP contribution >= 0.6 is 0 Å². The van der Waals surface area contributed by atoms with E-state index >= 15 is 0 Å². The van der Waals surface area contributed by atoms with Gasteiger partial charge in [0.15, 0.2) is 0 Å². The normalized spacial score (nSPS) is 13.9. The highest BCUT2D eigenvalue weighted by molar-refractivity contribution is 4.97. The fourth-order valence-electron chi connectivity index (χ4n) is 1.51. The summed E-state index contributed by atoms with van der Waals surface area (Å²) in [6.45, 7) is 8.61. The van der Waals surface area contributed by atoms with Crippen LogP contribution in [0.15, 0.2) is 4.52 Å². The van der Waals surface area contributed by atoms with Gasteiger partial charge in [0.05, 0.1) is 0 Å². The smallest absolute Gasteiger partial charge is 0.226 e. The van der Waals surface area contributed by atoms with Gasteiger partial charge in [-0.15, -0.1) is 0 Å². The van der Waals surface area contributed by atoms with Gasteiger partial charge in [0.2, 0.25) is 11.7 Å². The fraction of sp³-hybridized carbons (Fsp3) is 0.833. The molecule has 0 fully saturated rings. The van der Waals surface area contributed by atoms with Gasteiger partial charge in [-0.1, -0.05) is 5.16 Å². The molecule has 0 saturated heterocycles. The van der Waals surface area contributed by atoms with E-state index in [-0.39, 0.29) is 0 Å². The predicted molar refractivity (Wildman–Crippen MR) is 65.8 cm³/mol. The van der Waals surface area contributed by atoms with E-state index in [4.69, 9.17) is 9.26 Å². The van der Waals surface area contributed by atoms with E-state index in [0.717, 1.165) is 12.8 Å². The van der Waals surface area contributed by atoms with Crippen molar-refractivity contribution < 1.29 is 9.26 Å². The Hall–Kier alpha value is -0.940. The van der Waals surface area contributed by atoms with Crippen LogP contribution in [0.25, 0.3) is 0 Å². The molecule has 1 heterocycles. The van der Waals surface area contributed by atoms with Crippen molar-refractivity contribution in [3.8, 4) is 0 Å². The Labute approximate surface area is 103 Å². The Bertz CT molecular complexity index is 336. The topological polar surface area (TPSA) is 60.2 Å². The maximum absolute atomic E-state index is 5.58. The Morgan fingerprint density at radius 3 is 2.76 bits per heavy atom. The standard InChI is InChI=1S/C12H23N3O2/c1-6-16-12(3,4)11-14-10(17-15-11)8-7-9(2)13-5/h9,13H,6-8H2,1-5H3. The van der Waals surface area contributed by atoms with Crippen molar-refractivity contribution in [1.29, 1.82) is 0 Å². The summed E-state index contributed by atoms with van der Waals surface area (Å²) < 4.78 is 10.8. The molecular formula is C12H23N3O2. The highest BCUT2D eigenvalue weighted by Crippen LogP contribution is 2.21. The predicted octanol–water partition coefficient (Wildman–Crippen LogP) is 1.88. The molecule has 1 aromatic heterocycles. The zero-order chi connectivity index (χ0) is 12.9. The SMILES string of the molecule is CCOC(C)(C)c1noc(CCC(C)NC)n1. The van der Waals surface area contributed by atoms with Gasteiger partial charge in [0, 0.05) is 19.1 Å². The van der Waals surface area contributed by atoms with Gasteiger partial charge in [0.1, 0.15) is 5.60 Å². The van der Waals surface area contributed by atoms with Gasteiger partial charge in [-0.2, -0.15) is 4.98 Å². The van der Waals surface area contributed by atoms with Crippen molar-refractivity contribution in [2.45, 2.75) is 52.2 Å². The van der Waals surface area contributed by atoms with Crippen molar-refractivity contribution in [2.75, 3.05) is 13.7 Å². The average Bonchev–Trinajstić information content (AvgIpc) is 2.75. The molecule has 1 aromatic rings.